The second-order valence-electron chi connectivity index (χ2n) is 6.69. The molecule has 1 aromatic rings. The molecule has 2 fully saturated rings. The molecular weight excluding hydrogens is 260 g/mol. The van der Waals surface area contributed by atoms with Crippen LogP contribution in [0.15, 0.2) is 24.3 Å². The number of rotatable bonds is 7. The average molecular weight is 288 g/mol. The number of hydrazine groups is 1. The van der Waals surface area contributed by atoms with Crippen LogP contribution >= 0.6 is 0 Å². The van der Waals surface area contributed by atoms with E-state index in [-0.39, 0.29) is 6.04 Å². The molecule has 0 heterocycles. The van der Waals surface area contributed by atoms with E-state index < -0.39 is 0 Å². The molecule has 1 aromatic carbocycles. The Balaban J connectivity index is 1.51. The predicted molar refractivity (Wildman–Crippen MR) is 86.0 cm³/mol. The van der Waals surface area contributed by atoms with Crippen LogP contribution in [0.25, 0.3) is 0 Å². The molecule has 0 radical (unpaired) electrons. The summed E-state index contributed by atoms with van der Waals surface area (Å²) < 4.78 is 5.80. The summed E-state index contributed by atoms with van der Waals surface area (Å²) in [5, 5.41) is 0. The first kappa shape index (κ1) is 14.9. The lowest BCUT2D eigenvalue weighted by Gasteiger charge is -2.24. The monoisotopic (exact) mass is 288 g/mol. The van der Waals surface area contributed by atoms with Crippen LogP contribution < -0.4 is 16.0 Å². The highest BCUT2D eigenvalue weighted by Crippen LogP contribution is 2.31. The summed E-state index contributed by atoms with van der Waals surface area (Å²) in [6, 6.07) is 8.74. The van der Waals surface area contributed by atoms with E-state index in [0.717, 1.165) is 18.1 Å². The van der Waals surface area contributed by atoms with Crippen molar-refractivity contribution in [2.75, 3.05) is 0 Å². The van der Waals surface area contributed by atoms with Gasteiger partial charge in [0.25, 0.3) is 0 Å². The second-order valence-corrected chi connectivity index (χ2v) is 6.69. The molecule has 3 N–H and O–H groups in total. The molecule has 0 aliphatic heterocycles. The minimum atomic E-state index is 0.266. The molecule has 116 valence electrons. The van der Waals surface area contributed by atoms with Crippen LogP contribution in [0.3, 0.4) is 0 Å². The molecule has 2 saturated carbocycles. The van der Waals surface area contributed by atoms with Gasteiger partial charge in [0, 0.05) is 6.04 Å². The summed E-state index contributed by atoms with van der Waals surface area (Å²) in [4.78, 5) is 0. The van der Waals surface area contributed by atoms with Crippen molar-refractivity contribution in [2.45, 2.75) is 69.9 Å². The smallest absolute Gasteiger partial charge is 0.119 e. The number of nitrogens with one attached hydrogen (secondary N) is 1. The molecule has 0 saturated heterocycles. The summed E-state index contributed by atoms with van der Waals surface area (Å²) in [6.45, 7) is 0. The van der Waals surface area contributed by atoms with Crippen molar-refractivity contribution in [1.29, 1.82) is 0 Å². The summed E-state index contributed by atoms with van der Waals surface area (Å²) in [5.74, 6) is 7.67. The first-order valence-electron chi connectivity index (χ1n) is 8.58. The second kappa shape index (κ2) is 7.28. The Bertz CT molecular complexity index is 421. The fourth-order valence-corrected chi connectivity index (χ4v) is 3.38. The molecule has 21 heavy (non-hydrogen) atoms. The maximum absolute atomic E-state index is 5.80. The lowest BCUT2D eigenvalue weighted by molar-refractivity contribution is 0.302. The normalized spacial score (nSPS) is 21.2. The van der Waals surface area contributed by atoms with Gasteiger partial charge in [0.1, 0.15) is 5.75 Å². The maximum atomic E-state index is 5.80. The van der Waals surface area contributed by atoms with Gasteiger partial charge in [-0.1, -0.05) is 44.2 Å². The van der Waals surface area contributed by atoms with Gasteiger partial charge >= 0.3 is 0 Å². The van der Waals surface area contributed by atoms with Crippen molar-refractivity contribution in [3.63, 3.8) is 0 Å². The van der Waals surface area contributed by atoms with Crippen molar-refractivity contribution in [3.8, 4) is 5.75 Å². The Morgan fingerprint density at radius 3 is 2.38 bits per heavy atom. The quantitative estimate of drug-likeness (QED) is 0.587. The van der Waals surface area contributed by atoms with E-state index in [1.165, 1.54) is 56.9 Å². The third kappa shape index (κ3) is 4.45. The molecule has 3 heteroatoms. The Kier molecular flexibility index (Phi) is 5.15. The molecule has 0 amide bonds. The van der Waals surface area contributed by atoms with Gasteiger partial charge < -0.3 is 4.74 Å². The molecule has 0 spiro atoms. The first-order chi connectivity index (χ1) is 10.3. The zero-order valence-electron chi connectivity index (χ0n) is 12.9. The third-order valence-corrected chi connectivity index (χ3v) is 4.90. The van der Waals surface area contributed by atoms with Crippen molar-refractivity contribution in [1.82, 2.24) is 5.43 Å². The van der Waals surface area contributed by atoms with Gasteiger partial charge in [0.2, 0.25) is 0 Å². The highest BCUT2D eigenvalue weighted by molar-refractivity contribution is 5.29. The van der Waals surface area contributed by atoms with Crippen LogP contribution in [-0.2, 0) is 0 Å². The molecule has 3 nitrogen and oxygen atoms in total. The van der Waals surface area contributed by atoms with Crippen LogP contribution in [0.2, 0.25) is 0 Å². The van der Waals surface area contributed by atoms with Gasteiger partial charge in [0.15, 0.2) is 0 Å². The molecule has 2 aliphatic rings. The first-order valence-corrected chi connectivity index (χ1v) is 8.58. The SMILES string of the molecule is NNC(CCC1CCCCC1)c1ccc(OC2CC2)cc1. The minimum Gasteiger partial charge on any atom is -0.490 e. The standard InChI is InChI=1S/C18H28N2O/c19-20-18(13-6-14-4-2-1-3-5-14)15-7-9-16(10-8-15)21-17-11-12-17/h7-10,14,17-18,20H,1-6,11-13,19H2. The van der Waals surface area contributed by atoms with Gasteiger partial charge in [0.05, 0.1) is 6.10 Å². The topological polar surface area (TPSA) is 47.3 Å². The summed E-state index contributed by atoms with van der Waals surface area (Å²) in [7, 11) is 0. The van der Waals surface area contributed by atoms with Crippen molar-refractivity contribution in [2.24, 2.45) is 11.8 Å². The van der Waals surface area contributed by atoms with Crippen molar-refractivity contribution in [3.05, 3.63) is 29.8 Å². The molecule has 0 bridgehead atoms. The summed E-state index contributed by atoms with van der Waals surface area (Å²) in [5.41, 5.74) is 4.26. The molecule has 3 rings (SSSR count). The van der Waals surface area contributed by atoms with Crippen LogP contribution in [0.1, 0.15) is 69.4 Å². The molecule has 1 unspecified atom stereocenters. The average Bonchev–Trinajstić information content (AvgIpc) is 3.34. The van der Waals surface area contributed by atoms with Crippen molar-refractivity contribution < 1.29 is 4.74 Å². The number of ether oxygens (including phenoxy) is 1. The van der Waals surface area contributed by atoms with Crippen LogP contribution in [-0.4, -0.2) is 6.10 Å². The number of hydrogen-bond donors (Lipinski definition) is 2. The maximum Gasteiger partial charge on any atom is 0.119 e. The fraction of sp³-hybridized carbons (Fsp3) is 0.667. The molecule has 0 aromatic heterocycles. The van der Waals surface area contributed by atoms with E-state index in [9.17, 15) is 0 Å². The van der Waals surface area contributed by atoms with Gasteiger partial charge in [-0.15, -0.1) is 0 Å². The minimum absolute atomic E-state index is 0.266. The van der Waals surface area contributed by atoms with Crippen LogP contribution in [0.4, 0.5) is 0 Å². The predicted octanol–water partition coefficient (Wildman–Crippen LogP) is 4.09. The Morgan fingerprint density at radius 1 is 1.05 bits per heavy atom. The number of hydrogen-bond acceptors (Lipinski definition) is 3. The zero-order valence-corrected chi connectivity index (χ0v) is 12.9. The van der Waals surface area contributed by atoms with E-state index in [4.69, 9.17) is 10.6 Å². The van der Waals surface area contributed by atoms with Gasteiger partial charge in [-0.3, -0.25) is 11.3 Å². The molecular formula is C18H28N2O. The Hall–Kier alpha value is -1.06. The third-order valence-electron chi connectivity index (χ3n) is 4.90. The van der Waals surface area contributed by atoms with E-state index in [2.05, 4.69) is 29.7 Å². The Morgan fingerprint density at radius 2 is 1.76 bits per heavy atom. The lowest BCUT2D eigenvalue weighted by Crippen LogP contribution is -2.28. The Labute approximate surface area is 128 Å². The van der Waals surface area contributed by atoms with E-state index in [1.807, 2.05) is 0 Å². The fourth-order valence-electron chi connectivity index (χ4n) is 3.38. The summed E-state index contributed by atoms with van der Waals surface area (Å²) >= 11 is 0. The number of benzene rings is 1. The highest BCUT2D eigenvalue weighted by atomic mass is 16.5. The van der Waals surface area contributed by atoms with E-state index in [1.54, 1.807) is 0 Å². The largest absolute Gasteiger partial charge is 0.490 e. The lowest BCUT2D eigenvalue weighted by atomic mass is 9.84. The van der Waals surface area contributed by atoms with Crippen LogP contribution in [0, 0.1) is 5.92 Å². The molecule has 1 atom stereocenters. The zero-order chi connectivity index (χ0) is 14.5. The van der Waals surface area contributed by atoms with Crippen LogP contribution in [0.5, 0.6) is 5.75 Å². The van der Waals surface area contributed by atoms with Gasteiger partial charge in [-0.05, 0) is 49.3 Å². The number of nitrogens with two attached hydrogens (primary N) is 1. The van der Waals surface area contributed by atoms with E-state index in [0.29, 0.717) is 6.10 Å². The highest BCUT2D eigenvalue weighted by Gasteiger charge is 2.23. The van der Waals surface area contributed by atoms with E-state index >= 15 is 0 Å². The van der Waals surface area contributed by atoms with Crippen molar-refractivity contribution >= 4 is 0 Å². The summed E-state index contributed by atoms with van der Waals surface area (Å²) in [6.07, 6.45) is 12.4. The van der Waals surface area contributed by atoms with Gasteiger partial charge in [-0.25, -0.2) is 0 Å². The van der Waals surface area contributed by atoms with Gasteiger partial charge in [-0.2, -0.15) is 0 Å². The molecule has 2 aliphatic carbocycles.